The van der Waals surface area contributed by atoms with E-state index in [0.29, 0.717) is 17.4 Å². The molecular weight excluding hydrogens is 299 g/mol. The van der Waals surface area contributed by atoms with Gasteiger partial charge in [-0.05, 0) is 29.8 Å². The van der Waals surface area contributed by atoms with E-state index in [-0.39, 0.29) is 10.7 Å². The van der Waals surface area contributed by atoms with Gasteiger partial charge in [-0.1, -0.05) is 35.3 Å². The van der Waals surface area contributed by atoms with E-state index in [1.165, 1.54) is 12.1 Å². The van der Waals surface area contributed by atoms with Crippen LogP contribution in [-0.4, -0.2) is 23.1 Å². The molecule has 0 aliphatic heterocycles. The molecule has 20 heavy (non-hydrogen) atoms. The van der Waals surface area contributed by atoms with Crippen molar-refractivity contribution < 1.29 is 9.90 Å². The quantitative estimate of drug-likeness (QED) is 0.874. The molecule has 1 aromatic carbocycles. The van der Waals surface area contributed by atoms with Crippen molar-refractivity contribution in [2.45, 2.75) is 6.54 Å². The zero-order valence-electron chi connectivity index (χ0n) is 10.7. The van der Waals surface area contributed by atoms with E-state index in [1.54, 1.807) is 6.07 Å². The average Bonchev–Trinajstić information content (AvgIpc) is 2.37. The van der Waals surface area contributed by atoms with Crippen LogP contribution < -0.4 is 4.90 Å². The van der Waals surface area contributed by atoms with Gasteiger partial charge < -0.3 is 10.0 Å². The van der Waals surface area contributed by atoms with Crippen molar-refractivity contribution in [3.05, 3.63) is 57.7 Å². The highest BCUT2D eigenvalue weighted by atomic mass is 35.5. The minimum absolute atomic E-state index is 0.109. The fourth-order valence-corrected chi connectivity index (χ4v) is 2.21. The van der Waals surface area contributed by atoms with Crippen LogP contribution >= 0.6 is 23.2 Å². The summed E-state index contributed by atoms with van der Waals surface area (Å²) in [5, 5.41) is 9.82. The smallest absolute Gasteiger partial charge is 0.335 e. The summed E-state index contributed by atoms with van der Waals surface area (Å²) in [6.45, 7) is 0.549. The molecule has 0 radical (unpaired) electrons. The number of rotatable bonds is 4. The summed E-state index contributed by atoms with van der Waals surface area (Å²) in [4.78, 5) is 16.9. The Balaban J connectivity index is 2.25. The number of carboxylic acid groups (broad SMARTS) is 1. The number of aromatic nitrogens is 1. The number of pyridine rings is 1. The first-order chi connectivity index (χ1) is 9.45. The SMILES string of the molecule is CN(Cc1cccc(Cl)c1)c1cc(C(=O)O)cc(Cl)n1. The van der Waals surface area contributed by atoms with E-state index in [2.05, 4.69) is 4.98 Å². The number of aromatic carboxylic acids is 1. The van der Waals surface area contributed by atoms with Crippen LogP contribution in [0.15, 0.2) is 36.4 Å². The fourth-order valence-electron chi connectivity index (χ4n) is 1.79. The predicted molar refractivity (Wildman–Crippen MR) is 79.8 cm³/mol. The number of hydrogen-bond donors (Lipinski definition) is 1. The average molecular weight is 311 g/mol. The maximum Gasteiger partial charge on any atom is 0.335 e. The standard InChI is InChI=1S/C14H12Cl2N2O2/c1-18(8-9-3-2-4-11(15)5-9)13-7-10(14(19)20)6-12(16)17-13/h2-7H,8H2,1H3,(H,19,20). The maximum atomic E-state index is 11.0. The molecule has 0 bridgehead atoms. The molecule has 1 N–H and O–H groups in total. The van der Waals surface area contributed by atoms with Gasteiger partial charge in [0.25, 0.3) is 0 Å². The van der Waals surface area contributed by atoms with E-state index in [1.807, 2.05) is 30.1 Å². The molecule has 2 rings (SSSR count). The fraction of sp³-hybridized carbons (Fsp3) is 0.143. The molecule has 0 atom stereocenters. The van der Waals surface area contributed by atoms with Crippen LogP contribution in [0.5, 0.6) is 0 Å². The minimum atomic E-state index is -1.04. The molecule has 0 amide bonds. The molecule has 0 fully saturated rings. The summed E-state index contributed by atoms with van der Waals surface area (Å²) >= 11 is 11.8. The first-order valence-electron chi connectivity index (χ1n) is 5.82. The van der Waals surface area contributed by atoms with Gasteiger partial charge in [0.15, 0.2) is 0 Å². The summed E-state index contributed by atoms with van der Waals surface area (Å²) in [6.07, 6.45) is 0. The van der Waals surface area contributed by atoms with Crippen molar-refractivity contribution in [1.82, 2.24) is 4.98 Å². The summed E-state index contributed by atoms with van der Waals surface area (Å²) in [6, 6.07) is 10.2. The van der Waals surface area contributed by atoms with Crippen molar-refractivity contribution in [1.29, 1.82) is 0 Å². The second kappa shape index (κ2) is 6.11. The summed E-state index contributed by atoms with van der Waals surface area (Å²) in [7, 11) is 1.81. The van der Waals surface area contributed by atoms with Gasteiger partial charge in [-0.3, -0.25) is 0 Å². The van der Waals surface area contributed by atoms with Gasteiger partial charge >= 0.3 is 5.97 Å². The van der Waals surface area contributed by atoms with Crippen LogP contribution in [0.25, 0.3) is 0 Å². The van der Waals surface area contributed by atoms with E-state index in [0.717, 1.165) is 5.56 Å². The molecule has 0 aliphatic carbocycles. The van der Waals surface area contributed by atoms with Crippen molar-refractivity contribution in [3.63, 3.8) is 0 Å². The minimum Gasteiger partial charge on any atom is -0.478 e. The zero-order chi connectivity index (χ0) is 14.7. The molecule has 2 aromatic rings. The van der Waals surface area contributed by atoms with Gasteiger partial charge in [0.05, 0.1) is 5.56 Å². The Hall–Kier alpha value is -1.78. The monoisotopic (exact) mass is 310 g/mol. The van der Waals surface area contributed by atoms with Gasteiger partial charge in [0, 0.05) is 18.6 Å². The number of hydrogen-bond acceptors (Lipinski definition) is 3. The third-order valence-corrected chi connectivity index (χ3v) is 3.16. The normalized spacial score (nSPS) is 10.3. The lowest BCUT2D eigenvalue weighted by Crippen LogP contribution is -2.18. The lowest BCUT2D eigenvalue weighted by atomic mass is 10.2. The van der Waals surface area contributed by atoms with E-state index >= 15 is 0 Å². The Morgan fingerprint density at radius 2 is 2.05 bits per heavy atom. The molecule has 1 heterocycles. The molecule has 0 spiro atoms. The molecule has 1 aromatic heterocycles. The highest BCUT2D eigenvalue weighted by Gasteiger charge is 2.11. The summed E-state index contributed by atoms with van der Waals surface area (Å²) in [5.74, 6) is -0.540. The zero-order valence-corrected chi connectivity index (χ0v) is 12.2. The molecule has 0 saturated heterocycles. The van der Waals surface area contributed by atoms with Crippen molar-refractivity contribution in [2.24, 2.45) is 0 Å². The van der Waals surface area contributed by atoms with Crippen molar-refractivity contribution in [3.8, 4) is 0 Å². The lowest BCUT2D eigenvalue weighted by molar-refractivity contribution is 0.0697. The van der Waals surface area contributed by atoms with Gasteiger partial charge in [-0.15, -0.1) is 0 Å². The van der Waals surface area contributed by atoms with Crippen LogP contribution in [0.3, 0.4) is 0 Å². The van der Waals surface area contributed by atoms with Crippen LogP contribution in [0.1, 0.15) is 15.9 Å². The highest BCUT2D eigenvalue weighted by Crippen LogP contribution is 2.20. The first-order valence-corrected chi connectivity index (χ1v) is 6.58. The lowest BCUT2D eigenvalue weighted by Gasteiger charge is -2.19. The summed E-state index contributed by atoms with van der Waals surface area (Å²) in [5.41, 5.74) is 1.11. The Kier molecular flexibility index (Phi) is 4.47. The van der Waals surface area contributed by atoms with Crippen LogP contribution in [0.4, 0.5) is 5.82 Å². The van der Waals surface area contributed by atoms with Crippen LogP contribution in [-0.2, 0) is 6.54 Å². The predicted octanol–water partition coefficient (Wildman–Crippen LogP) is 3.72. The van der Waals surface area contributed by atoms with E-state index < -0.39 is 5.97 Å². The van der Waals surface area contributed by atoms with Crippen LogP contribution in [0, 0.1) is 0 Å². The van der Waals surface area contributed by atoms with Gasteiger partial charge in [-0.2, -0.15) is 0 Å². The second-order valence-electron chi connectivity index (χ2n) is 4.33. The van der Waals surface area contributed by atoms with Crippen LogP contribution in [0.2, 0.25) is 10.2 Å². The Bertz CT molecular complexity index is 647. The van der Waals surface area contributed by atoms with Gasteiger partial charge in [0.2, 0.25) is 0 Å². The van der Waals surface area contributed by atoms with Gasteiger partial charge in [-0.25, -0.2) is 9.78 Å². The maximum absolute atomic E-state index is 11.0. The molecule has 0 aliphatic rings. The topological polar surface area (TPSA) is 53.4 Å². The summed E-state index contributed by atoms with van der Waals surface area (Å²) < 4.78 is 0. The Morgan fingerprint density at radius 1 is 1.30 bits per heavy atom. The third-order valence-electron chi connectivity index (χ3n) is 2.73. The Labute approximate surface area is 126 Å². The molecule has 6 heteroatoms. The molecular formula is C14H12Cl2N2O2. The number of carboxylic acids is 1. The molecule has 4 nitrogen and oxygen atoms in total. The number of carbonyl (C=O) groups is 1. The molecule has 0 saturated carbocycles. The largest absolute Gasteiger partial charge is 0.478 e. The van der Waals surface area contributed by atoms with E-state index in [4.69, 9.17) is 28.3 Å². The number of anilines is 1. The van der Waals surface area contributed by atoms with E-state index in [9.17, 15) is 4.79 Å². The second-order valence-corrected chi connectivity index (χ2v) is 5.15. The molecule has 0 unspecified atom stereocenters. The van der Waals surface area contributed by atoms with Crippen molar-refractivity contribution >= 4 is 35.0 Å². The highest BCUT2D eigenvalue weighted by molar-refractivity contribution is 6.30. The third kappa shape index (κ3) is 3.62. The Morgan fingerprint density at radius 3 is 2.70 bits per heavy atom. The first kappa shape index (κ1) is 14.6. The molecule has 104 valence electrons. The number of nitrogens with zero attached hydrogens (tertiary/aromatic N) is 2. The van der Waals surface area contributed by atoms with Crippen molar-refractivity contribution in [2.75, 3.05) is 11.9 Å². The number of benzene rings is 1. The van der Waals surface area contributed by atoms with Gasteiger partial charge in [0.1, 0.15) is 11.0 Å². The number of halogens is 2.